The molecule has 1 fully saturated rings. The number of rotatable bonds is 1. The van der Waals surface area contributed by atoms with Gasteiger partial charge in [0.15, 0.2) is 11.6 Å². The van der Waals surface area contributed by atoms with E-state index < -0.39 is 40.5 Å². The Bertz CT molecular complexity index is 688. The lowest BCUT2D eigenvalue weighted by atomic mass is 10.1. The summed E-state index contributed by atoms with van der Waals surface area (Å²) >= 11 is 0. The highest BCUT2D eigenvalue weighted by atomic mass is 19.1. The molecule has 0 aliphatic carbocycles. The number of nitrogens with zero attached hydrogens (tertiary/aromatic N) is 2. The molecule has 25 heavy (non-hydrogen) atoms. The average Bonchev–Trinajstić information content (AvgIpc) is 2.49. The lowest BCUT2D eigenvalue weighted by Gasteiger charge is -2.40. The highest BCUT2D eigenvalue weighted by molar-refractivity contribution is 5.95. The largest absolute Gasteiger partial charge is 0.505 e. The van der Waals surface area contributed by atoms with Crippen LogP contribution in [-0.4, -0.2) is 58.2 Å². The van der Waals surface area contributed by atoms with Crippen LogP contribution in [0.1, 0.15) is 38.1 Å². The molecule has 0 radical (unpaired) electrons. The zero-order chi connectivity index (χ0) is 18.9. The first-order valence-corrected chi connectivity index (χ1v) is 7.97. The summed E-state index contributed by atoms with van der Waals surface area (Å²) in [6, 6.07) is 1.31. The van der Waals surface area contributed by atoms with Crippen LogP contribution in [0.2, 0.25) is 0 Å². The van der Waals surface area contributed by atoms with E-state index in [0.717, 1.165) is 12.1 Å². The maximum absolute atomic E-state index is 13.9. The Balaban J connectivity index is 2.12. The number of halogens is 2. The van der Waals surface area contributed by atoms with Crippen molar-refractivity contribution < 1.29 is 28.2 Å². The number of ether oxygens (including phenoxy) is 1. The highest BCUT2D eigenvalue weighted by Gasteiger charge is 2.34. The molecule has 8 heteroatoms. The SMILES string of the molecule is C[C@@H]1CN(C(=O)c2c(F)ccc(O)c2F)CCN1C(=O)OC(C)(C)C. The lowest BCUT2D eigenvalue weighted by Crippen LogP contribution is -2.56. The van der Waals surface area contributed by atoms with Crippen LogP contribution in [0.3, 0.4) is 0 Å². The lowest BCUT2D eigenvalue weighted by molar-refractivity contribution is 0.00181. The fourth-order valence-electron chi connectivity index (χ4n) is 2.63. The van der Waals surface area contributed by atoms with Gasteiger partial charge in [-0.1, -0.05) is 0 Å². The Morgan fingerprint density at radius 3 is 2.44 bits per heavy atom. The zero-order valence-electron chi connectivity index (χ0n) is 14.7. The smallest absolute Gasteiger partial charge is 0.410 e. The molecule has 0 bridgehead atoms. The average molecular weight is 356 g/mol. The van der Waals surface area contributed by atoms with Crippen LogP contribution >= 0.6 is 0 Å². The molecule has 0 unspecified atom stereocenters. The van der Waals surface area contributed by atoms with Crippen LogP contribution in [0.25, 0.3) is 0 Å². The van der Waals surface area contributed by atoms with Gasteiger partial charge in [0, 0.05) is 25.7 Å². The Morgan fingerprint density at radius 1 is 1.24 bits per heavy atom. The first kappa shape index (κ1) is 19.0. The minimum Gasteiger partial charge on any atom is -0.505 e. The second kappa shape index (κ2) is 6.85. The van der Waals surface area contributed by atoms with Crippen LogP contribution in [0, 0.1) is 11.6 Å². The highest BCUT2D eigenvalue weighted by Crippen LogP contribution is 2.24. The van der Waals surface area contributed by atoms with Gasteiger partial charge in [-0.15, -0.1) is 0 Å². The molecular weight excluding hydrogens is 334 g/mol. The Kier molecular flexibility index (Phi) is 5.20. The summed E-state index contributed by atoms with van der Waals surface area (Å²) in [5, 5.41) is 9.36. The van der Waals surface area contributed by atoms with Gasteiger partial charge >= 0.3 is 6.09 Å². The number of phenolic OH excluding ortho intramolecular Hbond substituents is 1. The Morgan fingerprint density at radius 2 is 1.88 bits per heavy atom. The molecule has 2 rings (SSSR count). The van der Waals surface area contributed by atoms with Crippen molar-refractivity contribution >= 4 is 12.0 Å². The molecule has 6 nitrogen and oxygen atoms in total. The van der Waals surface area contributed by atoms with Gasteiger partial charge in [-0.05, 0) is 39.8 Å². The van der Waals surface area contributed by atoms with Gasteiger partial charge in [0.05, 0.1) is 0 Å². The second-order valence-corrected chi connectivity index (χ2v) is 7.03. The summed E-state index contributed by atoms with van der Waals surface area (Å²) in [7, 11) is 0. The van der Waals surface area contributed by atoms with E-state index in [1.807, 2.05) is 0 Å². The predicted molar refractivity (Wildman–Crippen MR) is 86.3 cm³/mol. The van der Waals surface area contributed by atoms with Crippen LogP contribution in [0.4, 0.5) is 13.6 Å². The van der Waals surface area contributed by atoms with Gasteiger partial charge in [-0.3, -0.25) is 4.79 Å². The fraction of sp³-hybridized carbons (Fsp3) is 0.529. The summed E-state index contributed by atoms with van der Waals surface area (Å²) in [5.74, 6) is -3.97. The van der Waals surface area contributed by atoms with E-state index >= 15 is 0 Å². The van der Waals surface area contributed by atoms with E-state index in [1.165, 1.54) is 9.80 Å². The molecule has 138 valence electrons. The number of amides is 2. The molecule has 1 atom stereocenters. The van der Waals surface area contributed by atoms with E-state index in [9.17, 15) is 23.5 Å². The standard InChI is InChI=1S/C17H22F2N2O4/c1-10-9-20(7-8-21(10)16(24)25-17(2,3)4)15(23)13-11(18)5-6-12(22)14(13)19/h5-6,10,22H,7-9H2,1-4H3/t10-/m1/s1. The number of carbonyl (C=O) groups excluding carboxylic acids is 2. The molecule has 1 aromatic rings. The fourth-order valence-corrected chi connectivity index (χ4v) is 2.63. The number of piperazine rings is 1. The maximum atomic E-state index is 13.9. The van der Waals surface area contributed by atoms with Crippen molar-refractivity contribution in [2.24, 2.45) is 0 Å². The molecule has 1 N–H and O–H groups in total. The number of aromatic hydroxyl groups is 1. The van der Waals surface area contributed by atoms with Crippen LogP contribution < -0.4 is 0 Å². The molecule has 1 saturated heterocycles. The first-order valence-electron chi connectivity index (χ1n) is 7.97. The van der Waals surface area contributed by atoms with Gasteiger partial charge in [-0.2, -0.15) is 0 Å². The molecule has 1 heterocycles. The van der Waals surface area contributed by atoms with E-state index in [-0.39, 0.29) is 25.7 Å². The summed E-state index contributed by atoms with van der Waals surface area (Å²) in [6.45, 7) is 7.38. The van der Waals surface area contributed by atoms with Crippen molar-refractivity contribution in [1.82, 2.24) is 9.80 Å². The van der Waals surface area contributed by atoms with Gasteiger partial charge in [0.1, 0.15) is 17.0 Å². The van der Waals surface area contributed by atoms with Crippen LogP contribution in [0.5, 0.6) is 5.75 Å². The van der Waals surface area contributed by atoms with E-state index in [2.05, 4.69) is 0 Å². The molecule has 1 aliphatic rings. The van der Waals surface area contributed by atoms with E-state index in [1.54, 1.807) is 27.7 Å². The molecular formula is C17H22F2N2O4. The van der Waals surface area contributed by atoms with Gasteiger partial charge in [0.25, 0.3) is 5.91 Å². The molecule has 1 aliphatic heterocycles. The summed E-state index contributed by atoms with van der Waals surface area (Å²) in [5.41, 5.74) is -1.43. The third kappa shape index (κ3) is 4.18. The zero-order valence-corrected chi connectivity index (χ0v) is 14.7. The topological polar surface area (TPSA) is 70.1 Å². The number of phenols is 1. The van der Waals surface area contributed by atoms with E-state index in [0.29, 0.717) is 0 Å². The summed E-state index contributed by atoms with van der Waals surface area (Å²) < 4.78 is 33.1. The van der Waals surface area contributed by atoms with Crippen molar-refractivity contribution in [3.63, 3.8) is 0 Å². The second-order valence-electron chi connectivity index (χ2n) is 7.03. The van der Waals surface area contributed by atoms with Gasteiger partial charge in [0.2, 0.25) is 0 Å². The third-order valence-corrected chi connectivity index (χ3v) is 3.83. The van der Waals surface area contributed by atoms with Crippen molar-refractivity contribution in [3.8, 4) is 5.75 Å². The summed E-state index contributed by atoms with van der Waals surface area (Å²) in [4.78, 5) is 27.3. The molecule has 1 aromatic carbocycles. The van der Waals surface area contributed by atoms with Crippen LogP contribution in [0.15, 0.2) is 12.1 Å². The predicted octanol–water partition coefficient (Wildman–Crippen LogP) is 2.75. The van der Waals surface area contributed by atoms with E-state index in [4.69, 9.17) is 4.74 Å². The minimum atomic E-state index is -1.28. The Labute approximate surface area is 145 Å². The number of hydrogen-bond donors (Lipinski definition) is 1. The third-order valence-electron chi connectivity index (χ3n) is 3.83. The summed E-state index contributed by atoms with van der Waals surface area (Å²) in [6.07, 6.45) is -0.498. The molecule has 0 aromatic heterocycles. The Hall–Kier alpha value is -2.38. The molecule has 0 spiro atoms. The minimum absolute atomic E-state index is 0.104. The number of hydrogen-bond acceptors (Lipinski definition) is 4. The van der Waals surface area contributed by atoms with Crippen molar-refractivity contribution in [2.75, 3.05) is 19.6 Å². The van der Waals surface area contributed by atoms with Crippen LogP contribution in [-0.2, 0) is 4.74 Å². The molecule has 2 amide bonds. The first-order chi connectivity index (χ1) is 11.5. The van der Waals surface area contributed by atoms with Gasteiger partial charge < -0.3 is 19.6 Å². The monoisotopic (exact) mass is 356 g/mol. The van der Waals surface area contributed by atoms with Gasteiger partial charge in [-0.25, -0.2) is 13.6 Å². The quantitative estimate of drug-likeness (QED) is 0.840. The van der Waals surface area contributed by atoms with Crippen molar-refractivity contribution in [1.29, 1.82) is 0 Å². The maximum Gasteiger partial charge on any atom is 0.410 e. The molecule has 0 saturated carbocycles. The van der Waals surface area contributed by atoms with Crippen molar-refractivity contribution in [2.45, 2.75) is 39.3 Å². The number of carbonyl (C=O) groups is 2. The van der Waals surface area contributed by atoms with Crippen molar-refractivity contribution in [3.05, 3.63) is 29.3 Å². The number of benzene rings is 1. The normalized spacial score (nSPS) is 18.2.